The zero-order valence-electron chi connectivity index (χ0n) is 7.33. The standard InChI is InChI=1S/C10H10BrNS/c1-8-6-13-7-12(8)10-4-2-3-9(11)5-10/h2-6H,7H2,1H3. The molecule has 0 saturated heterocycles. The molecule has 1 aliphatic heterocycles. The molecule has 0 radical (unpaired) electrons. The van der Waals surface area contributed by atoms with Gasteiger partial charge in [-0.05, 0) is 30.5 Å². The number of allylic oxidation sites excluding steroid dienone is 1. The topological polar surface area (TPSA) is 3.24 Å². The third kappa shape index (κ3) is 1.92. The van der Waals surface area contributed by atoms with Crippen LogP contribution < -0.4 is 4.90 Å². The molecule has 0 saturated carbocycles. The lowest BCUT2D eigenvalue weighted by Crippen LogP contribution is -2.15. The third-order valence-corrected chi connectivity index (χ3v) is 3.41. The first kappa shape index (κ1) is 9.16. The molecule has 0 aromatic heterocycles. The minimum atomic E-state index is 1.03. The Labute approximate surface area is 90.9 Å². The number of halogens is 1. The maximum absolute atomic E-state index is 3.48. The van der Waals surface area contributed by atoms with Gasteiger partial charge in [-0.25, -0.2) is 0 Å². The summed E-state index contributed by atoms with van der Waals surface area (Å²) < 4.78 is 1.13. The van der Waals surface area contributed by atoms with Crippen molar-refractivity contribution in [3.63, 3.8) is 0 Å². The van der Waals surface area contributed by atoms with E-state index in [1.54, 1.807) is 0 Å². The molecule has 3 heteroatoms. The smallest absolute Gasteiger partial charge is 0.0726 e. The van der Waals surface area contributed by atoms with E-state index in [0.29, 0.717) is 0 Å². The fourth-order valence-corrected chi connectivity index (χ4v) is 2.65. The van der Waals surface area contributed by atoms with Crippen molar-refractivity contribution in [1.82, 2.24) is 0 Å². The molecule has 2 rings (SSSR count). The average molecular weight is 256 g/mol. The zero-order chi connectivity index (χ0) is 9.26. The zero-order valence-corrected chi connectivity index (χ0v) is 9.73. The summed E-state index contributed by atoms with van der Waals surface area (Å²) in [6.45, 7) is 2.14. The van der Waals surface area contributed by atoms with E-state index in [9.17, 15) is 0 Å². The lowest BCUT2D eigenvalue weighted by Gasteiger charge is -2.19. The molecule has 0 bridgehead atoms. The van der Waals surface area contributed by atoms with Crippen molar-refractivity contribution < 1.29 is 0 Å². The summed E-state index contributed by atoms with van der Waals surface area (Å²) >= 11 is 5.32. The van der Waals surface area contributed by atoms with Crippen LogP contribution in [0.25, 0.3) is 0 Å². The van der Waals surface area contributed by atoms with E-state index in [1.165, 1.54) is 11.4 Å². The number of thioether (sulfide) groups is 1. The maximum atomic E-state index is 3.48. The van der Waals surface area contributed by atoms with Crippen LogP contribution in [0.5, 0.6) is 0 Å². The Kier molecular flexibility index (Phi) is 2.65. The van der Waals surface area contributed by atoms with E-state index >= 15 is 0 Å². The quantitative estimate of drug-likeness (QED) is 0.751. The van der Waals surface area contributed by atoms with E-state index in [2.05, 4.69) is 51.4 Å². The predicted molar refractivity (Wildman–Crippen MR) is 62.8 cm³/mol. The van der Waals surface area contributed by atoms with Crippen molar-refractivity contribution in [1.29, 1.82) is 0 Å². The SMILES string of the molecule is CC1=CSCN1c1cccc(Br)c1. The van der Waals surface area contributed by atoms with Gasteiger partial charge in [-0.2, -0.15) is 0 Å². The van der Waals surface area contributed by atoms with Gasteiger partial charge in [-0.3, -0.25) is 0 Å². The van der Waals surface area contributed by atoms with Crippen molar-refractivity contribution in [2.24, 2.45) is 0 Å². The van der Waals surface area contributed by atoms with Crippen LogP contribution in [0.15, 0.2) is 39.8 Å². The maximum Gasteiger partial charge on any atom is 0.0726 e. The molecule has 0 N–H and O–H groups in total. The minimum absolute atomic E-state index is 1.03. The first-order chi connectivity index (χ1) is 6.27. The predicted octanol–water partition coefficient (Wildman–Crippen LogP) is 3.82. The molecular weight excluding hydrogens is 246 g/mol. The number of nitrogens with zero attached hydrogens (tertiary/aromatic N) is 1. The van der Waals surface area contributed by atoms with Gasteiger partial charge in [0, 0.05) is 15.9 Å². The summed E-state index contributed by atoms with van der Waals surface area (Å²) in [5, 5.41) is 2.20. The Hall–Kier alpha value is -0.410. The molecule has 13 heavy (non-hydrogen) atoms. The van der Waals surface area contributed by atoms with Crippen molar-refractivity contribution in [2.45, 2.75) is 6.92 Å². The molecule has 0 aliphatic carbocycles. The second kappa shape index (κ2) is 3.76. The van der Waals surface area contributed by atoms with Gasteiger partial charge in [-0.15, -0.1) is 11.8 Å². The molecule has 0 atom stereocenters. The third-order valence-electron chi connectivity index (χ3n) is 2.00. The van der Waals surface area contributed by atoms with Crippen LogP contribution in [0.2, 0.25) is 0 Å². The first-order valence-electron chi connectivity index (χ1n) is 4.09. The number of hydrogen-bond acceptors (Lipinski definition) is 2. The largest absolute Gasteiger partial charge is 0.335 e. The van der Waals surface area contributed by atoms with E-state index < -0.39 is 0 Å². The highest BCUT2D eigenvalue weighted by atomic mass is 79.9. The van der Waals surface area contributed by atoms with Crippen LogP contribution >= 0.6 is 27.7 Å². The molecule has 68 valence electrons. The molecule has 0 unspecified atom stereocenters. The lowest BCUT2D eigenvalue weighted by molar-refractivity contribution is 1.09. The Morgan fingerprint density at radius 2 is 2.31 bits per heavy atom. The Bertz CT molecular complexity index is 349. The van der Waals surface area contributed by atoms with Gasteiger partial charge in [0.05, 0.1) is 5.88 Å². The van der Waals surface area contributed by atoms with Crippen molar-refractivity contribution in [3.05, 3.63) is 39.8 Å². The van der Waals surface area contributed by atoms with E-state index in [-0.39, 0.29) is 0 Å². The summed E-state index contributed by atoms with van der Waals surface area (Å²) in [6, 6.07) is 8.39. The van der Waals surface area contributed by atoms with Gasteiger partial charge < -0.3 is 4.90 Å². The van der Waals surface area contributed by atoms with Gasteiger partial charge in [0.1, 0.15) is 0 Å². The molecule has 1 aromatic carbocycles. The van der Waals surface area contributed by atoms with Crippen molar-refractivity contribution in [3.8, 4) is 0 Å². The Morgan fingerprint density at radius 1 is 1.46 bits per heavy atom. The van der Waals surface area contributed by atoms with Crippen LogP contribution in [0.1, 0.15) is 6.92 Å². The summed E-state index contributed by atoms with van der Waals surface area (Å²) in [5.74, 6) is 1.03. The van der Waals surface area contributed by atoms with Crippen LogP contribution in [-0.2, 0) is 0 Å². The van der Waals surface area contributed by atoms with Gasteiger partial charge in [0.2, 0.25) is 0 Å². The molecular formula is C10H10BrNS. The van der Waals surface area contributed by atoms with Crippen molar-refractivity contribution >= 4 is 33.4 Å². The highest BCUT2D eigenvalue weighted by Gasteiger charge is 2.12. The summed E-state index contributed by atoms with van der Waals surface area (Å²) in [4.78, 5) is 2.30. The minimum Gasteiger partial charge on any atom is -0.335 e. The number of hydrogen-bond donors (Lipinski definition) is 0. The monoisotopic (exact) mass is 255 g/mol. The number of benzene rings is 1. The van der Waals surface area contributed by atoms with Gasteiger partial charge in [0.25, 0.3) is 0 Å². The lowest BCUT2D eigenvalue weighted by atomic mass is 10.3. The van der Waals surface area contributed by atoms with Gasteiger partial charge in [0.15, 0.2) is 0 Å². The second-order valence-corrected chi connectivity index (χ2v) is 4.71. The highest BCUT2D eigenvalue weighted by molar-refractivity contribution is 9.10. The second-order valence-electron chi connectivity index (χ2n) is 2.96. The fraction of sp³-hybridized carbons (Fsp3) is 0.200. The molecule has 1 heterocycles. The van der Waals surface area contributed by atoms with Crippen LogP contribution in [-0.4, -0.2) is 5.88 Å². The molecule has 0 fully saturated rings. The van der Waals surface area contributed by atoms with E-state index in [0.717, 1.165) is 10.3 Å². The van der Waals surface area contributed by atoms with Gasteiger partial charge >= 0.3 is 0 Å². The Balaban J connectivity index is 2.30. The van der Waals surface area contributed by atoms with Crippen LogP contribution in [0.4, 0.5) is 5.69 Å². The molecule has 1 nitrogen and oxygen atoms in total. The highest BCUT2D eigenvalue weighted by Crippen LogP contribution is 2.30. The van der Waals surface area contributed by atoms with Crippen molar-refractivity contribution in [2.75, 3.05) is 10.8 Å². The van der Waals surface area contributed by atoms with Crippen LogP contribution in [0.3, 0.4) is 0 Å². The molecule has 1 aromatic rings. The normalized spacial score (nSPS) is 16.2. The van der Waals surface area contributed by atoms with Gasteiger partial charge in [-0.1, -0.05) is 22.0 Å². The summed E-state index contributed by atoms with van der Waals surface area (Å²) in [6.07, 6.45) is 0. The molecule has 1 aliphatic rings. The summed E-state index contributed by atoms with van der Waals surface area (Å²) in [5.41, 5.74) is 2.58. The van der Waals surface area contributed by atoms with E-state index in [4.69, 9.17) is 0 Å². The molecule has 0 spiro atoms. The van der Waals surface area contributed by atoms with Crippen LogP contribution in [0, 0.1) is 0 Å². The number of rotatable bonds is 1. The summed E-state index contributed by atoms with van der Waals surface area (Å²) in [7, 11) is 0. The fourth-order valence-electron chi connectivity index (χ4n) is 1.32. The molecule has 0 amide bonds. The first-order valence-corrected chi connectivity index (χ1v) is 5.93. The average Bonchev–Trinajstić information content (AvgIpc) is 2.51. The van der Waals surface area contributed by atoms with E-state index in [1.807, 2.05) is 17.8 Å². The Morgan fingerprint density at radius 3 is 2.92 bits per heavy atom. The number of anilines is 1.